The van der Waals surface area contributed by atoms with Crippen LogP contribution in [0.4, 0.5) is 11.4 Å². The summed E-state index contributed by atoms with van der Waals surface area (Å²) in [6, 6.07) is 3.95. The van der Waals surface area contributed by atoms with Gasteiger partial charge in [0.2, 0.25) is 5.91 Å². The van der Waals surface area contributed by atoms with Crippen LogP contribution in [0.5, 0.6) is 0 Å². The van der Waals surface area contributed by atoms with Crippen molar-refractivity contribution in [2.45, 2.75) is 26.3 Å². The second kappa shape index (κ2) is 7.22. The number of hydrogen-bond donors (Lipinski definition) is 3. The molecule has 4 N–H and O–H groups in total. The molecule has 2 amide bonds. The maximum atomic E-state index is 12.1. The normalized spacial score (nSPS) is 11.5. The van der Waals surface area contributed by atoms with E-state index in [2.05, 4.69) is 10.6 Å². The van der Waals surface area contributed by atoms with Crippen molar-refractivity contribution in [3.8, 4) is 0 Å². The van der Waals surface area contributed by atoms with Crippen LogP contribution in [0.1, 0.15) is 30.6 Å². The fourth-order valence-electron chi connectivity index (χ4n) is 1.91. The Morgan fingerprint density at radius 3 is 2.62 bits per heavy atom. The van der Waals surface area contributed by atoms with Crippen LogP contribution in [0.15, 0.2) is 18.2 Å². The number of para-hydroxylation sites is 1. The maximum Gasteiger partial charge on any atom is 0.305 e. The molecule has 114 valence electrons. The summed E-state index contributed by atoms with van der Waals surface area (Å²) >= 11 is 0. The van der Waals surface area contributed by atoms with Gasteiger partial charge in [-0.15, -0.1) is 0 Å². The highest BCUT2D eigenvalue weighted by atomic mass is 16.6. The van der Waals surface area contributed by atoms with Gasteiger partial charge in [0.1, 0.15) is 11.3 Å². The predicted molar refractivity (Wildman–Crippen MR) is 78.0 cm³/mol. The van der Waals surface area contributed by atoms with Crippen molar-refractivity contribution in [3.63, 3.8) is 0 Å². The summed E-state index contributed by atoms with van der Waals surface area (Å²) in [5.41, 5.74) is 4.97. The zero-order valence-corrected chi connectivity index (χ0v) is 11.9. The van der Waals surface area contributed by atoms with E-state index in [0.717, 1.165) is 0 Å². The van der Waals surface area contributed by atoms with Crippen molar-refractivity contribution in [1.82, 2.24) is 5.32 Å². The molecular formula is C13H18N4O4. The van der Waals surface area contributed by atoms with E-state index in [1.165, 1.54) is 12.1 Å². The van der Waals surface area contributed by atoms with Crippen molar-refractivity contribution in [3.05, 3.63) is 33.9 Å². The third kappa shape index (κ3) is 4.44. The molecule has 0 aliphatic carbocycles. The molecule has 0 radical (unpaired) electrons. The van der Waals surface area contributed by atoms with Crippen LogP contribution >= 0.6 is 0 Å². The molecule has 1 atom stereocenters. The molecule has 0 saturated carbocycles. The van der Waals surface area contributed by atoms with Gasteiger partial charge in [-0.3, -0.25) is 19.7 Å². The quantitative estimate of drug-likeness (QED) is 0.511. The minimum absolute atomic E-state index is 0.0353. The minimum Gasteiger partial charge on any atom is -0.380 e. The second-order valence-corrected chi connectivity index (χ2v) is 4.53. The number of rotatable bonds is 7. The Balaban J connectivity index is 3.06. The standard InChI is InChI=1S/C13H18N4O4/c1-3-15-10-6-4-5-9(12(10)17(20)21)13(19)16-8(2)7-11(14)18/h4-6,8,15H,3,7H2,1-2H3,(H2,14,18)(H,16,19). The lowest BCUT2D eigenvalue weighted by Gasteiger charge is -2.13. The molecule has 1 aromatic rings. The largest absolute Gasteiger partial charge is 0.380 e. The minimum atomic E-state index is -0.616. The van der Waals surface area contributed by atoms with Crippen LogP contribution in [0.3, 0.4) is 0 Å². The molecule has 21 heavy (non-hydrogen) atoms. The molecule has 0 fully saturated rings. The van der Waals surface area contributed by atoms with Crippen LogP contribution in [0, 0.1) is 10.1 Å². The van der Waals surface area contributed by atoms with Crippen molar-refractivity contribution < 1.29 is 14.5 Å². The highest BCUT2D eigenvalue weighted by molar-refractivity contribution is 6.00. The Bertz CT molecular complexity index is 559. The first-order valence-corrected chi connectivity index (χ1v) is 6.47. The number of nitrogens with zero attached hydrogens (tertiary/aromatic N) is 1. The Kier molecular flexibility index (Phi) is 5.65. The highest BCUT2D eigenvalue weighted by Crippen LogP contribution is 2.28. The molecule has 0 saturated heterocycles. The summed E-state index contributed by atoms with van der Waals surface area (Å²) in [5.74, 6) is -1.17. The monoisotopic (exact) mass is 294 g/mol. The van der Waals surface area contributed by atoms with Crippen molar-refractivity contribution in [1.29, 1.82) is 0 Å². The zero-order valence-electron chi connectivity index (χ0n) is 11.9. The molecule has 8 heteroatoms. The van der Waals surface area contributed by atoms with Crippen LogP contribution < -0.4 is 16.4 Å². The number of hydrogen-bond acceptors (Lipinski definition) is 5. The zero-order chi connectivity index (χ0) is 16.0. The van der Waals surface area contributed by atoms with E-state index in [9.17, 15) is 19.7 Å². The molecule has 0 aliphatic rings. The van der Waals surface area contributed by atoms with Gasteiger partial charge >= 0.3 is 5.69 Å². The Labute approximate surface area is 121 Å². The first-order chi connectivity index (χ1) is 9.86. The lowest BCUT2D eigenvalue weighted by atomic mass is 10.1. The third-order valence-electron chi connectivity index (χ3n) is 2.72. The summed E-state index contributed by atoms with van der Waals surface area (Å²) in [7, 11) is 0. The molecule has 8 nitrogen and oxygen atoms in total. The lowest BCUT2D eigenvalue weighted by Crippen LogP contribution is -2.36. The molecule has 1 rings (SSSR count). The van der Waals surface area contributed by atoms with E-state index < -0.39 is 22.8 Å². The van der Waals surface area contributed by atoms with Crippen molar-refractivity contribution in [2.24, 2.45) is 5.73 Å². The maximum absolute atomic E-state index is 12.1. The summed E-state index contributed by atoms with van der Waals surface area (Å²) in [6.45, 7) is 3.89. The highest BCUT2D eigenvalue weighted by Gasteiger charge is 2.25. The first-order valence-electron chi connectivity index (χ1n) is 6.47. The number of nitrogens with two attached hydrogens (primary N) is 1. The first kappa shape index (κ1) is 16.4. The lowest BCUT2D eigenvalue weighted by molar-refractivity contribution is -0.384. The third-order valence-corrected chi connectivity index (χ3v) is 2.72. The van der Waals surface area contributed by atoms with Gasteiger partial charge in [0.25, 0.3) is 5.91 Å². The number of carbonyl (C=O) groups is 2. The fourth-order valence-corrected chi connectivity index (χ4v) is 1.91. The SMILES string of the molecule is CCNc1cccc(C(=O)NC(C)CC(N)=O)c1[N+](=O)[O-]. The van der Waals surface area contributed by atoms with Gasteiger partial charge in [-0.1, -0.05) is 6.07 Å². The van der Waals surface area contributed by atoms with Gasteiger partial charge in [0.15, 0.2) is 0 Å². The van der Waals surface area contributed by atoms with Crippen LogP contribution in [0.2, 0.25) is 0 Å². The number of nitro benzene ring substituents is 1. The van der Waals surface area contributed by atoms with E-state index in [1.807, 2.05) is 0 Å². The Morgan fingerprint density at radius 1 is 1.43 bits per heavy atom. The Hall–Kier alpha value is -2.64. The second-order valence-electron chi connectivity index (χ2n) is 4.53. The molecule has 0 aliphatic heterocycles. The van der Waals surface area contributed by atoms with Crippen molar-refractivity contribution in [2.75, 3.05) is 11.9 Å². The van der Waals surface area contributed by atoms with Gasteiger partial charge in [0.05, 0.1) is 4.92 Å². The number of nitro groups is 1. The number of carbonyl (C=O) groups excluding carboxylic acids is 2. The van der Waals surface area contributed by atoms with E-state index in [4.69, 9.17) is 5.73 Å². The average molecular weight is 294 g/mol. The van der Waals surface area contributed by atoms with Crippen LogP contribution in [-0.2, 0) is 4.79 Å². The van der Waals surface area contributed by atoms with E-state index in [0.29, 0.717) is 6.54 Å². The molecule has 0 heterocycles. The molecule has 1 unspecified atom stereocenters. The van der Waals surface area contributed by atoms with E-state index >= 15 is 0 Å². The summed E-state index contributed by atoms with van der Waals surface area (Å²) in [4.78, 5) is 33.5. The topological polar surface area (TPSA) is 127 Å². The van der Waals surface area contributed by atoms with Gasteiger partial charge in [-0.25, -0.2) is 0 Å². The number of primary amides is 1. The molecule has 0 aromatic heterocycles. The number of anilines is 1. The molecule has 1 aromatic carbocycles. The van der Waals surface area contributed by atoms with Crippen LogP contribution in [-0.4, -0.2) is 29.3 Å². The molecular weight excluding hydrogens is 276 g/mol. The van der Waals surface area contributed by atoms with Crippen molar-refractivity contribution >= 4 is 23.2 Å². The number of nitrogens with one attached hydrogen (secondary N) is 2. The predicted octanol–water partition coefficient (Wildman–Crippen LogP) is 1.02. The number of benzene rings is 1. The average Bonchev–Trinajstić information content (AvgIpc) is 2.37. The van der Waals surface area contributed by atoms with Gasteiger partial charge in [0, 0.05) is 19.0 Å². The van der Waals surface area contributed by atoms with Crippen LogP contribution in [0.25, 0.3) is 0 Å². The van der Waals surface area contributed by atoms with Gasteiger partial charge in [-0.05, 0) is 26.0 Å². The molecule has 0 spiro atoms. The van der Waals surface area contributed by atoms with E-state index in [1.54, 1.807) is 19.9 Å². The smallest absolute Gasteiger partial charge is 0.305 e. The molecule has 0 bridgehead atoms. The van der Waals surface area contributed by atoms with Gasteiger partial charge < -0.3 is 16.4 Å². The van der Waals surface area contributed by atoms with E-state index in [-0.39, 0.29) is 23.4 Å². The fraction of sp³-hybridized carbons (Fsp3) is 0.385. The summed E-state index contributed by atoms with van der Waals surface area (Å²) in [6.07, 6.45) is -0.0353. The summed E-state index contributed by atoms with van der Waals surface area (Å²) < 4.78 is 0. The Morgan fingerprint density at radius 2 is 2.10 bits per heavy atom. The number of amides is 2. The summed E-state index contributed by atoms with van der Waals surface area (Å²) in [5, 5.41) is 16.6. The van der Waals surface area contributed by atoms with Gasteiger partial charge in [-0.2, -0.15) is 0 Å².